The summed E-state index contributed by atoms with van der Waals surface area (Å²) in [5, 5.41) is 8.92. The van der Waals surface area contributed by atoms with Crippen molar-refractivity contribution in [1.29, 1.82) is 0 Å². The highest BCUT2D eigenvalue weighted by atomic mass is 32.2. The van der Waals surface area contributed by atoms with Crippen molar-refractivity contribution in [3.05, 3.63) is 17.0 Å². The van der Waals surface area contributed by atoms with Crippen molar-refractivity contribution >= 4 is 21.4 Å². The highest BCUT2D eigenvalue weighted by molar-refractivity contribution is 7.91. The molecule has 4 nitrogen and oxygen atoms in total. The summed E-state index contributed by atoms with van der Waals surface area (Å²) in [6.07, 6.45) is 3.36. The molecule has 0 saturated heterocycles. The summed E-state index contributed by atoms with van der Waals surface area (Å²) >= 11 is 1.12. The molecular formula is C11H17NO3S2. The van der Waals surface area contributed by atoms with Gasteiger partial charge in [0.05, 0.1) is 6.61 Å². The Morgan fingerprint density at radius 1 is 1.53 bits per heavy atom. The predicted molar refractivity (Wildman–Crippen MR) is 67.4 cm³/mol. The minimum atomic E-state index is -3.41. The lowest BCUT2D eigenvalue weighted by Crippen LogP contribution is -2.32. The van der Waals surface area contributed by atoms with Gasteiger partial charge in [-0.25, -0.2) is 13.1 Å². The van der Waals surface area contributed by atoms with Crippen LogP contribution in [0.4, 0.5) is 0 Å². The molecule has 1 unspecified atom stereocenters. The molecule has 0 aromatic carbocycles. The lowest BCUT2D eigenvalue weighted by molar-refractivity contribution is 0.285. The van der Waals surface area contributed by atoms with E-state index in [0.29, 0.717) is 10.8 Å². The zero-order valence-electron chi connectivity index (χ0n) is 9.72. The van der Waals surface area contributed by atoms with E-state index in [1.807, 2.05) is 6.92 Å². The molecule has 1 heterocycles. The van der Waals surface area contributed by atoms with Gasteiger partial charge in [0.25, 0.3) is 0 Å². The van der Waals surface area contributed by atoms with Crippen molar-refractivity contribution < 1.29 is 13.5 Å². The first-order valence-corrected chi connectivity index (χ1v) is 8.03. The van der Waals surface area contributed by atoms with Crippen LogP contribution in [-0.4, -0.2) is 19.6 Å². The van der Waals surface area contributed by atoms with Crippen molar-refractivity contribution in [2.45, 2.75) is 43.0 Å². The van der Waals surface area contributed by atoms with Crippen LogP contribution in [0.2, 0.25) is 0 Å². The van der Waals surface area contributed by atoms with Gasteiger partial charge in [-0.2, -0.15) is 0 Å². The molecule has 1 aliphatic rings. The fourth-order valence-corrected chi connectivity index (χ4v) is 4.30. The quantitative estimate of drug-likeness (QED) is 0.830. The number of hydrogen-bond donors (Lipinski definition) is 2. The smallest absolute Gasteiger partial charge is 0.250 e. The van der Waals surface area contributed by atoms with E-state index in [1.165, 1.54) is 12.8 Å². The largest absolute Gasteiger partial charge is 0.391 e. The molecule has 6 heteroatoms. The zero-order chi connectivity index (χ0) is 12.5. The number of rotatable bonds is 6. The number of hydrogen-bond acceptors (Lipinski definition) is 4. The van der Waals surface area contributed by atoms with Crippen molar-refractivity contribution in [2.24, 2.45) is 5.92 Å². The van der Waals surface area contributed by atoms with Crippen LogP contribution in [0.5, 0.6) is 0 Å². The van der Waals surface area contributed by atoms with Crippen molar-refractivity contribution in [1.82, 2.24) is 4.72 Å². The topological polar surface area (TPSA) is 66.4 Å². The van der Waals surface area contributed by atoms with Gasteiger partial charge in [-0.05, 0) is 31.4 Å². The third-order valence-corrected chi connectivity index (χ3v) is 5.95. The van der Waals surface area contributed by atoms with Gasteiger partial charge in [0.15, 0.2) is 0 Å². The monoisotopic (exact) mass is 275 g/mol. The lowest BCUT2D eigenvalue weighted by atomic mass is 10.2. The van der Waals surface area contributed by atoms with Crippen LogP contribution in [-0.2, 0) is 16.6 Å². The molecule has 1 aromatic heterocycles. The molecule has 2 rings (SSSR count). The van der Waals surface area contributed by atoms with E-state index in [4.69, 9.17) is 5.11 Å². The number of thiophene rings is 1. The molecule has 0 aliphatic heterocycles. The van der Waals surface area contributed by atoms with Crippen LogP contribution in [0, 0.1) is 5.92 Å². The summed E-state index contributed by atoms with van der Waals surface area (Å²) in [6.45, 7) is 1.79. The van der Waals surface area contributed by atoms with Gasteiger partial charge in [-0.3, -0.25) is 0 Å². The molecule has 0 radical (unpaired) electrons. The Balaban J connectivity index is 2.01. The Labute approximate surface area is 106 Å². The lowest BCUT2D eigenvalue weighted by Gasteiger charge is -2.12. The van der Waals surface area contributed by atoms with E-state index >= 15 is 0 Å². The van der Waals surface area contributed by atoms with Gasteiger partial charge in [0, 0.05) is 10.9 Å². The van der Waals surface area contributed by atoms with Crippen LogP contribution in [0.15, 0.2) is 16.3 Å². The van der Waals surface area contributed by atoms with Gasteiger partial charge in [0.1, 0.15) is 4.21 Å². The first-order chi connectivity index (χ1) is 8.01. The van der Waals surface area contributed by atoms with Crippen LogP contribution in [0.1, 0.15) is 31.1 Å². The van der Waals surface area contributed by atoms with E-state index in [2.05, 4.69) is 4.72 Å². The Hall–Kier alpha value is -0.430. The highest BCUT2D eigenvalue weighted by Gasteiger charge is 2.26. The second kappa shape index (κ2) is 5.06. The number of nitrogens with one attached hydrogen (secondary N) is 1. The SMILES string of the molecule is CC(CC1CC1)NS(=O)(=O)c1ccc(CO)s1. The van der Waals surface area contributed by atoms with Gasteiger partial charge in [-0.15, -0.1) is 11.3 Å². The van der Waals surface area contributed by atoms with Crippen LogP contribution in [0.3, 0.4) is 0 Å². The summed E-state index contributed by atoms with van der Waals surface area (Å²) in [7, 11) is -3.41. The van der Waals surface area contributed by atoms with E-state index in [0.717, 1.165) is 17.8 Å². The fraction of sp³-hybridized carbons (Fsp3) is 0.636. The standard InChI is InChI=1S/C11H17NO3S2/c1-8(6-9-2-3-9)12-17(14,15)11-5-4-10(7-13)16-11/h4-5,8-9,12-13H,2-3,6-7H2,1H3. The Bertz CT molecular complexity index is 477. The van der Waals surface area contributed by atoms with E-state index in [-0.39, 0.29) is 16.9 Å². The maximum atomic E-state index is 12.0. The van der Waals surface area contributed by atoms with E-state index < -0.39 is 10.0 Å². The molecular weight excluding hydrogens is 258 g/mol. The summed E-state index contributed by atoms with van der Waals surface area (Å²) in [4.78, 5) is 0.667. The van der Waals surface area contributed by atoms with Crippen molar-refractivity contribution in [3.63, 3.8) is 0 Å². The number of aliphatic hydroxyl groups excluding tert-OH is 1. The molecule has 0 spiro atoms. The van der Waals surface area contributed by atoms with E-state index in [9.17, 15) is 8.42 Å². The molecule has 96 valence electrons. The Morgan fingerprint density at radius 3 is 2.76 bits per heavy atom. The first kappa shape index (κ1) is 13.0. The average molecular weight is 275 g/mol. The zero-order valence-corrected chi connectivity index (χ0v) is 11.4. The molecule has 1 atom stereocenters. The fourth-order valence-electron chi connectivity index (χ4n) is 1.81. The summed E-state index contributed by atoms with van der Waals surface area (Å²) in [5.41, 5.74) is 0. The van der Waals surface area contributed by atoms with Gasteiger partial charge in [0.2, 0.25) is 10.0 Å². The molecule has 2 N–H and O–H groups in total. The summed E-state index contributed by atoms with van der Waals surface area (Å²) in [6, 6.07) is 3.17. The predicted octanol–water partition coefficient (Wildman–Crippen LogP) is 1.71. The molecule has 1 fully saturated rings. The minimum absolute atomic E-state index is 0.0211. The number of aliphatic hydroxyl groups is 1. The molecule has 1 saturated carbocycles. The molecule has 17 heavy (non-hydrogen) atoms. The van der Waals surface area contributed by atoms with Gasteiger partial charge < -0.3 is 5.11 Å². The maximum absolute atomic E-state index is 12.0. The molecule has 1 aliphatic carbocycles. The Kier molecular flexibility index (Phi) is 3.87. The van der Waals surface area contributed by atoms with Crippen LogP contribution < -0.4 is 4.72 Å². The van der Waals surface area contributed by atoms with Crippen LogP contribution in [0.25, 0.3) is 0 Å². The summed E-state index contributed by atoms with van der Waals surface area (Å²) < 4.78 is 26.9. The second-order valence-electron chi connectivity index (χ2n) is 4.58. The first-order valence-electron chi connectivity index (χ1n) is 5.73. The van der Waals surface area contributed by atoms with Crippen molar-refractivity contribution in [2.75, 3.05) is 0 Å². The molecule has 1 aromatic rings. The number of sulfonamides is 1. The Morgan fingerprint density at radius 2 is 2.24 bits per heavy atom. The van der Waals surface area contributed by atoms with Crippen molar-refractivity contribution in [3.8, 4) is 0 Å². The van der Waals surface area contributed by atoms with Gasteiger partial charge >= 0.3 is 0 Å². The molecule has 0 bridgehead atoms. The highest BCUT2D eigenvalue weighted by Crippen LogP contribution is 2.33. The molecule has 0 amide bonds. The maximum Gasteiger partial charge on any atom is 0.250 e. The normalized spacial score (nSPS) is 18.2. The third-order valence-electron chi connectivity index (χ3n) is 2.80. The van der Waals surface area contributed by atoms with E-state index in [1.54, 1.807) is 12.1 Å². The summed E-state index contributed by atoms with van der Waals surface area (Å²) in [5.74, 6) is 0.698. The van der Waals surface area contributed by atoms with Gasteiger partial charge in [-0.1, -0.05) is 12.8 Å². The van der Waals surface area contributed by atoms with Crippen LogP contribution >= 0.6 is 11.3 Å². The minimum Gasteiger partial charge on any atom is -0.391 e. The third kappa shape index (κ3) is 3.51. The average Bonchev–Trinajstić information content (AvgIpc) is 2.92. The second-order valence-corrected chi connectivity index (χ2v) is 7.69.